The molecule has 2 amide bonds. The Kier molecular flexibility index (Phi) is 24.5. The molecule has 282 valence electrons. The van der Waals surface area contributed by atoms with Gasteiger partial charge in [-0.05, 0) is 102 Å². The van der Waals surface area contributed by atoms with Crippen LogP contribution in [0.15, 0.2) is 79.1 Å². The van der Waals surface area contributed by atoms with Crippen LogP contribution in [-0.4, -0.2) is 89.4 Å². The van der Waals surface area contributed by atoms with Gasteiger partial charge in [-0.25, -0.2) is 4.79 Å². The van der Waals surface area contributed by atoms with Crippen molar-refractivity contribution in [1.82, 2.24) is 20.5 Å². The molecule has 0 aliphatic carbocycles. The van der Waals surface area contributed by atoms with Crippen LogP contribution < -0.4 is 10.6 Å². The molecule has 1 aromatic heterocycles. The molecule has 10 heteroatoms. The van der Waals surface area contributed by atoms with E-state index in [0.29, 0.717) is 37.8 Å². The zero-order valence-corrected chi connectivity index (χ0v) is 30.7. The van der Waals surface area contributed by atoms with Gasteiger partial charge in [0.1, 0.15) is 12.1 Å². The molecule has 2 heterocycles. The molecule has 10 nitrogen and oxygen atoms in total. The summed E-state index contributed by atoms with van der Waals surface area (Å²) in [5, 5.41) is 24.3. The zero-order valence-electron chi connectivity index (χ0n) is 30.7. The fourth-order valence-corrected chi connectivity index (χ4v) is 5.41. The molecule has 1 aromatic rings. The summed E-state index contributed by atoms with van der Waals surface area (Å²) in [6.45, 7) is 4.77. The van der Waals surface area contributed by atoms with Crippen molar-refractivity contribution in [2.45, 2.75) is 109 Å². The van der Waals surface area contributed by atoms with Gasteiger partial charge in [0.05, 0.1) is 18.8 Å². The molecule has 0 spiro atoms. The van der Waals surface area contributed by atoms with Crippen molar-refractivity contribution in [3.8, 4) is 0 Å². The van der Waals surface area contributed by atoms with E-state index in [-0.39, 0.29) is 18.2 Å². The molecule has 1 aliphatic rings. The third-order valence-electron chi connectivity index (χ3n) is 8.42. The van der Waals surface area contributed by atoms with Crippen molar-refractivity contribution in [1.29, 1.82) is 0 Å². The smallest absolute Gasteiger partial charge is 0.329 e. The number of nitrogens with one attached hydrogen (secondary N) is 2. The average molecular weight is 707 g/mol. The van der Waals surface area contributed by atoms with Crippen molar-refractivity contribution in [3.63, 3.8) is 0 Å². The number of nitrogens with zero attached hydrogens (tertiary/aromatic N) is 2. The Morgan fingerprint density at radius 3 is 2.08 bits per heavy atom. The second kappa shape index (κ2) is 28.8. The number of esters is 1. The Morgan fingerprint density at radius 2 is 1.49 bits per heavy atom. The second-order valence-electron chi connectivity index (χ2n) is 12.7. The summed E-state index contributed by atoms with van der Waals surface area (Å²) >= 11 is 0. The van der Waals surface area contributed by atoms with Crippen molar-refractivity contribution in [2.75, 3.05) is 39.4 Å². The number of unbranched alkanes of at least 4 members (excludes halogenated alkanes) is 2. The van der Waals surface area contributed by atoms with Gasteiger partial charge in [-0.1, -0.05) is 67.7 Å². The van der Waals surface area contributed by atoms with Gasteiger partial charge < -0.3 is 30.5 Å². The Balaban J connectivity index is 1.66. The number of carbonyl (C=O) groups is 3. The highest BCUT2D eigenvalue weighted by molar-refractivity contribution is 5.93. The molecule has 0 saturated carbocycles. The van der Waals surface area contributed by atoms with Crippen LogP contribution in [0.5, 0.6) is 0 Å². The summed E-state index contributed by atoms with van der Waals surface area (Å²) in [4.78, 5) is 45.0. The van der Waals surface area contributed by atoms with Crippen LogP contribution >= 0.6 is 0 Å². The van der Waals surface area contributed by atoms with Crippen LogP contribution in [0.25, 0.3) is 0 Å². The topological polar surface area (TPSA) is 141 Å². The fourth-order valence-electron chi connectivity index (χ4n) is 5.41. The predicted molar refractivity (Wildman–Crippen MR) is 204 cm³/mol. The normalized spacial score (nSPS) is 14.6. The molecule has 0 bridgehead atoms. The number of allylic oxidation sites excluding steroid dienone is 10. The number of hydrogen-bond acceptors (Lipinski definition) is 8. The first kappa shape index (κ1) is 43.3. The first-order valence-electron chi connectivity index (χ1n) is 18.9. The van der Waals surface area contributed by atoms with Crippen LogP contribution in [-0.2, 0) is 20.7 Å². The number of amides is 2. The van der Waals surface area contributed by atoms with Gasteiger partial charge in [0.2, 0.25) is 5.91 Å². The van der Waals surface area contributed by atoms with E-state index in [0.717, 1.165) is 70.3 Å². The first-order valence-corrected chi connectivity index (χ1v) is 18.9. The van der Waals surface area contributed by atoms with E-state index in [1.165, 1.54) is 12.8 Å². The van der Waals surface area contributed by atoms with Gasteiger partial charge in [0, 0.05) is 37.8 Å². The lowest BCUT2D eigenvalue weighted by Gasteiger charge is -2.20. The molecule has 1 saturated heterocycles. The van der Waals surface area contributed by atoms with E-state index in [1.54, 1.807) is 12.3 Å². The lowest BCUT2D eigenvalue weighted by Crippen LogP contribution is -2.44. The minimum atomic E-state index is -1.05. The summed E-state index contributed by atoms with van der Waals surface area (Å²) < 4.78 is 5.20. The minimum absolute atomic E-state index is 0.209. The summed E-state index contributed by atoms with van der Waals surface area (Å²) in [7, 11) is 0. The van der Waals surface area contributed by atoms with E-state index in [2.05, 4.69) is 88.2 Å². The van der Waals surface area contributed by atoms with Crippen molar-refractivity contribution in [3.05, 3.63) is 90.3 Å². The highest BCUT2D eigenvalue weighted by Crippen LogP contribution is 2.10. The van der Waals surface area contributed by atoms with Crippen LogP contribution in [0, 0.1) is 0 Å². The number of aliphatic hydroxyl groups is 2. The summed E-state index contributed by atoms with van der Waals surface area (Å²) in [6.07, 6.45) is 33.2. The van der Waals surface area contributed by atoms with Gasteiger partial charge in [-0.15, -0.1) is 0 Å². The molecule has 1 unspecified atom stereocenters. The molecule has 4 N–H and O–H groups in total. The van der Waals surface area contributed by atoms with E-state index in [1.807, 2.05) is 6.07 Å². The van der Waals surface area contributed by atoms with E-state index < -0.39 is 31.3 Å². The maximum absolute atomic E-state index is 12.8. The molecule has 1 aliphatic heterocycles. The van der Waals surface area contributed by atoms with Crippen molar-refractivity contribution in [2.24, 2.45) is 0 Å². The highest BCUT2D eigenvalue weighted by Gasteiger charge is 2.24. The largest absolute Gasteiger partial charge is 0.456 e. The molecular formula is C41H62N4O6. The summed E-state index contributed by atoms with van der Waals surface area (Å²) in [5.74, 6) is -1.17. The zero-order chi connectivity index (χ0) is 36.8. The lowest BCUT2D eigenvalue weighted by atomic mass is 10.1. The van der Waals surface area contributed by atoms with Crippen LogP contribution in [0.4, 0.5) is 0 Å². The second-order valence-corrected chi connectivity index (χ2v) is 12.7. The summed E-state index contributed by atoms with van der Waals surface area (Å²) in [6, 6.07) is 2.78. The fraction of sp³-hybridized carbons (Fsp3) is 0.561. The monoisotopic (exact) mass is 706 g/mol. The molecule has 1 fully saturated rings. The number of pyridine rings is 1. The summed E-state index contributed by atoms with van der Waals surface area (Å²) in [5.41, 5.74) is 1.47. The SMILES string of the molecule is CC/C=C\C/C=C\C/C=C\C/C=C\C/C=C\CCCC(=O)NC(CCCCNC(=O)c1ccc(CCN2CCCC2)nc1)C(=O)OC(CO)CO. The van der Waals surface area contributed by atoms with Gasteiger partial charge in [0.15, 0.2) is 0 Å². The number of ether oxygens (including phenoxy) is 1. The Morgan fingerprint density at radius 1 is 0.863 bits per heavy atom. The van der Waals surface area contributed by atoms with Gasteiger partial charge in [-0.2, -0.15) is 0 Å². The van der Waals surface area contributed by atoms with E-state index in [9.17, 15) is 24.6 Å². The van der Waals surface area contributed by atoms with Gasteiger partial charge in [0.25, 0.3) is 5.91 Å². The van der Waals surface area contributed by atoms with Crippen molar-refractivity contribution < 1.29 is 29.3 Å². The molecule has 1 atom stereocenters. The number of carbonyl (C=O) groups excluding carboxylic acids is 3. The molecular weight excluding hydrogens is 644 g/mol. The van der Waals surface area contributed by atoms with Crippen molar-refractivity contribution >= 4 is 17.8 Å². The van der Waals surface area contributed by atoms with Crippen LogP contribution in [0.2, 0.25) is 0 Å². The van der Waals surface area contributed by atoms with Gasteiger partial charge >= 0.3 is 5.97 Å². The quantitative estimate of drug-likeness (QED) is 0.0502. The maximum atomic E-state index is 12.8. The average Bonchev–Trinajstić information content (AvgIpc) is 3.67. The predicted octanol–water partition coefficient (Wildman–Crippen LogP) is 5.92. The van der Waals surface area contributed by atoms with Gasteiger partial charge in [-0.3, -0.25) is 14.6 Å². The Hall–Kier alpha value is -3.86. The third kappa shape index (κ3) is 21.2. The maximum Gasteiger partial charge on any atom is 0.329 e. The lowest BCUT2D eigenvalue weighted by molar-refractivity contribution is -0.157. The molecule has 0 radical (unpaired) electrons. The molecule has 2 rings (SSSR count). The molecule has 0 aromatic carbocycles. The molecule has 51 heavy (non-hydrogen) atoms. The highest BCUT2D eigenvalue weighted by atomic mass is 16.6. The van der Waals surface area contributed by atoms with Crippen LogP contribution in [0.3, 0.4) is 0 Å². The van der Waals surface area contributed by atoms with E-state index in [4.69, 9.17) is 4.74 Å². The Labute approximate surface area is 305 Å². The first-order chi connectivity index (χ1) is 25.0. The number of likely N-dealkylation sites (tertiary alicyclic amines) is 1. The third-order valence-corrected chi connectivity index (χ3v) is 8.42. The van der Waals surface area contributed by atoms with E-state index >= 15 is 0 Å². The minimum Gasteiger partial charge on any atom is -0.456 e. The van der Waals surface area contributed by atoms with Crippen LogP contribution in [0.1, 0.15) is 106 Å². The standard InChI is InChI=1S/C41H62N4O6/c1-2-3-4-5-6-7-8-9-10-11-12-13-14-15-16-17-18-24-39(48)44-38(41(50)51-37(33-46)34-47)23-19-20-28-42-40(49)35-25-26-36(43-32-35)27-31-45-29-21-22-30-45/h3-4,6-7,9-10,12-13,15-16,25-26,32,37-38,46-47H,2,5,8,11,14,17-24,27-31,33-34H2,1H3,(H,42,49)(H,44,48)/b4-3-,7-6-,10-9-,13-12-,16-15-. The number of rotatable bonds is 27. The number of aliphatic hydroxyl groups excluding tert-OH is 2. The number of hydrogen-bond donors (Lipinski definition) is 4. The Bertz CT molecular complexity index is 1250. The number of aromatic nitrogens is 1.